The van der Waals surface area contributed by atoms with Gasteiger partial charge in [-0.3, -0.25) is 4.79 Å². The van der Waals surface area contributed by atoms with Crippen LogP contribution in [0, 0.1) is 0 Å². The van der Waals surface area contributed by atoms with Gasteiger partial charge in [0.2, 0.25) is 6.79 Å². The molecule has 1 aliphatic rings. The minimum atomic E-state index is -0.110. The molecule has 0 saturated heterocycles. The largest absolute Gasteiger partial charge is 0.454 e. The third-order valence-electron chi connectivity index (χ3n) is 3.26. The Morgan fingerprint density at radius 2 is 1.77 bits per heavy atom. The number of ether oxygens (including phenoxy) is 2. The zero-order valence-electron chi connectivity index (χ0n) is 11.9. The Morgan fingerprint density at radius 3 is 2.64 bits per heavy atom. The van der Waals surface area contributed by atoms with E-state index in [0.717, 1.165) is 16.9 Å². The number of hydrogen-bond acceptors (Lipinski definition) is 4. The van der Waals surface area contributed by atoms with Crippen LogP contribution in [-0.2, 0) is 4.79 Å². The molecule has 1 heterocycles. The highest BCUT2D eigenvalue weighted by atomic mass is 16.7. The van der Waals surface area contributed by atoms with Crippen LogP contribution in [0.1, 0.15) is 11.1 Å². The van der Waals surface area contributed by atoms with Crippen LogP contribution in [0.4, 0.5) is 5.69 Å². The number of anilines is 1. The summed E-state index contributed by atoms with van der Waals surface area (Å²) < 4.78 is 10.5. The number of benzene rings is 2. The van der Waals surface area contributed by atoms with Gasteiger partial charge in [0.05, 0.1) is 0 Å². The Bertz CT molecular complexity index is 763. The smallest absolute Gasteiger partial charge is 0.231 e. The van der Waals surface area contributed by atoms with Gasteiger partial charge in [-0.2, -0.15) is 0 Å². The van der Waals surface area contributed by atoms with Gasteiger partial charge in [-0.15, -0.1) is 0 Å². The molecular formula is C18H15NO3. The Kier molecular flexibility index (Phi) is 3.92. The average Bonchev–Trinajstić information content (AvgIpc) is 2.99. The summed E-state index contributed by atoms with van der Waals surface area (Å²) in [6.07, 6.45) is 6.45. The first kappa shape index (κ1) is 13.9. The summed E-state index contributed by atoms with van der Waals surface area (Å²) >= 11 is 0. The van der Waals surface area contributed by atoms with Gasteiger partial charge in [0.25, 0.3) is 0 Å². The molecule has 0 bridgehead atoms. The van der Waals surface area contributed by atoms with Crippen LogP contribution in [0.15, 0.2) is 54.6 Å². The number of carbonyl (C=O) groups is 1. The maximum absolute atomic E-state index is 11.9. The van der Waals surface area contributed by atoms with Gasteiger partial charge in [-0.05, 0) is 47.6 Å². The van der Waals surface area contributed by atoms with Gasteiger partial charge < -0.3 is 15.2 Å². The van der Waals surface area contributed by atoms with Gasteiger partial charge in [-0.25, -0.2) is 0 Å². The lowest BCUT2D eigenvalue weighted by atomic mass is 10.1. The van der Waals surface area contributed by atoms with Crippen LogP contribution in [0.25, 0.3) is 12.2 Å². The molecule has 0 spiro atoms. The maximum atomic E-state index is 11.9. The molecule has 3 rings (SSSR count). The molecule has 2 aromatic carbocycles. The molecule has 0 saturated carbocycles. The Balaban J connectivity index is 1.68. The van der Waals surface area contributed by atoms with E-state index in [-0.39, 0.29) is 12.6 Å². The van der Waals surface area contributed by atoms with E-state index in [2.05, 4.69) is 0 Å². The van der Waals surface area contributed by atoms with Crippen molar-refractivity contribution in [1.29, 1.82) is 0 Å². The fraction of sp³-hybridized carbons (Fsp3) is 0.0556. The molecule has 0 amide bonds. The number of allylic oxidation sites excluding steroid dienone is 2. The third kappa shape index (κ3) is 3.17. The average molecular weight is 293 g/mol. The predicted molar refractivity (Wildman–Crippen MR) is 86.5 cm³/mol. The predicted octanol–water partition coefficient (Wildman–Crippen LogP) is 3.29. The number of fused-ring (bicyclic) bond motifs is 1. The normalized spacial score (nSPS) is 13.1. The first-order valence-electron chi connectivity index (χ1n) is 6.87. The lowest BCUT2D eigenvalue weighted by molar-refractivity contribution is -0.110. The highest BCUT2D eigenvalue weighted by Crippen LogP contribution is 2.32. The van der Waals surface area contributed by atoms with E-state index < -0.39 is 0 Å². The molecule has 22 heavy (non-hydrogen) atoms. The van der Waals surface area contributed by atoms with E-state index in [9.17, 15) is 4.79 Å². The SMILES string of the molecule is Nc1ccccc1/C=C/C(=O)/C=C/c1ccc2c(c1)OCO2. The molecule has 2 N–H and O–H groups in total. The van der Waals surface area contributed by atoms with E-state index in [1.54, 1.807) is 18.2 Å². The van der Waals surface area contributed by atoms with Crippen LogP contribution >= 0.6 is 0 Å². The Morgan fingerprint density at radius 1 is 1.00 bits per heavy atom. The van der Waals surface area contributed by atoms with Crippen molar-refractivity contribution in [3.05, 3.63) is 65.7 Å². The van der Waals surface area contributed by atoms with Crippen molar-refractivity contribution in [3.8, 4) is 11.5 Å². The molecule has 110 valence electrons. The van der Waals surface area contributed by atoms with Crippen molar-refractivity contribution >= 4 is 23.6 Å². The van der Waals surface area contributed by atoms with Crippen molar-refractivity contribution in [3.63, 3.8) is 0 Å². The topological polar surface area (TPSA) is 61.6 Å². The second-order valence-corrected chi connectivity index (χ2v) is 4.81. The quantitative estimate of drug-likeness (QED) is 0.694. The maximum Gasteiger partial charge on any atom is 0.231 e. The summed E-state index contributed by atoms with van der Waals surface area (Å²) in [4.78, 5) is 11.9. The molecule has 0 unspecified atom stereocenters. The van der Waals surface area contributed by atoms with Crippen molar-refractivity contribution in [2.45, 2.75) is 0 Å². The number of carbonyl (C=O) groups excluding carboxylic acids is 1. The minimum Gasteiger partial charge on any atom is -0.454 e. The zero-order chi connectivity index (χ0) is 15.4. The molecule has 0 atom stereocenters. The van der Waals surface area contributed by atoms with Gasteiger partial charge in [0.15, 0.2) is 17.3 Å². The molecule has 0 aromatic heterocycles. The zero-order valence-corrected chi connectivity index (χ0v) is 11.9. The monoisotopic (exact) mass is 293 g/mol. The first-order valence-corrected chi connectivity index (χ1v) is 6.87. The minimum absolute atomic E-state index is 0.110. The lowest BCUT2D eigenvalue weighted by Crippen LogP contribution is -1.92. The number of ketones is 1. The summed E-state index contributed by atoms with van der Waals surface area (Å²) in [6.45, 7) is 0.239. The molecule has 2 aromatic rings. The molecule has 0 fully saturated rings. The van der Waals surface area contributed by atoms with E-state index >= 15 is 0 Å². The Labute approximate surface area is 128 Å². The summed E-state index contributed by atoms with van der Waals surface area (Å²) in [5.41, 5.74) is 8.17. The van der Waals surface area contributed by atoms with Gasteiger partial charge in [-0.1, -0.05) is 30.3 Å². The van der Waals surface area contributed by atoms with Crippen LogP contribution in [0.3, 0.4) is 0 Å². The van der Waals surface area contributed by atoms with Crippen molar-refractivity contribution in [1.82, 2.24) is 0 Å². The fourth-order valence-electron chi connectivity index (χ4n) is 2.09. The second-order valence-electron chi connectivity index (χ2n) is 4.81. The highest BCUT2D eigenvalue weighted by molar-refractivity contribution is 6.04. The van der Waals surface area contributed by atoms with Crippen LogP contribution in [0.2, 0.25) is 0 Å². The molecule has 0 aliphatic carbocycles. The van der Waals surface area contributed by atoms with E-state index in [4.69, 9.17) is 15.2 Å². The van der Waals surface area contributed by atoms with Crippen molar-refractivity contribution in [2.75, 3.05) is 12.5 Å². The highest BCUT2D eigenvalue weighted by Gasteiger charge is 2.12. The summed E-state index contributed by atoms with van der Waals surface area (Å²) in [5.74, 6) is 1.31. The summed E-state index contributed by atoms with van der Waals surface area (Å²) in [5, 5.41) is 0. The van der Waals surface area contributed by atoms with E-state index in [0.29, 0.717) is 11.4 Å². The molecule has 4 heteroatoms. The molecular weight excluding hydrogens is 278 g/mol. The molecule has 1 aliphatic heterocycles. The van der Waals surface area contributed by atoms with Crippen LogP contribution in [0.5, 0.6) is 11.5 Å². The number of rotatable bonds is 4. The summed E-state index contributed by atoms with van der Waals surface area (Å²) in [6, 6.07) is 12.9. The fourth-order valence-corrected chi connectivity index (χ4v) is 2.09. The Hall–Kier alpha value is -3.01. The molecule has 0 radical (unpaired) electrons. The number of nitrogens with two attached hydrogens (primary N) is 1. The van der Waals surface area contributed by atoms with Crippen molar-refractivity contribution in [2.24, 2.45) is 0 Å². The van der Waals surface area contributed by atoms with Crippen LogP contribution in [-0.4, -0.2) is 12.6 Å². The summed E-state index contributed by atoms with van der Waals surface area (Å²) in [7, 11) is 0. The number of hydrogen-bond donors (Lipinski definition) is 1. The van der Waals surface area contributed by atoms with Gasteiger partial charge >= 0.3 is 0 Å². The van der Waals surface area contributed by atoms with Gasteiger partial charge in [0.1, 0.15) is 0 Å². The van der Waals surface area contributed by atoms with E-state index in [1.807, 2.05) is 36.4 Å². The molecule has 4 nitrogen and oxygen atoms in total. The number of nitrogen functional groups attached to an aromatic ring is 1. The van der Waals surface area contributed by atoms with Gasteiger partial charge in [0, 0.05) is 5.69 Å². The number of para-hydroxylation sites is 1. The van der Waals surface area contributed by atoms with Crippen LogP contribution < -0.4 is 15.2 Å². The second kappa shape index (κ2) is 6.18. The first-order chi connectivity index (χ1) is 10.7. The van der Waals surface area contributed by atoms with Crippen molar-refractivity contribution < 1.29 is 14.3 Å². The third-order valence-corrected chi connectivity index (χ3v) is 3.26. The lowest BCUT2D eigenvalue weighted by Gasteiger charge is -1.98. The van der Waals surface area contributed by atoms with E-state index in [1.165, 1.54) is 12.2 Å². The standard InChI is InChI=1S/C18H15NO3/c19-16-4-2-1-3-14(16)7-9-15(20)8-5-13-6-10-17-18(11-13)22-12-21-17/h1-11H,12,19H2/b8-5+,9-7+.